The smallest absolute Gasteiger partial charge is 0.357 e. The summed E-state index contributed by atoms with van der Waals surface area (Å²) in [5.74, 6) is -0.676. The van der Waals surface area contributed by atoms with E-state index in [1.54, 1.807) is 55.5 Å². The third kappa shape index (κ3) is 3.50. The second-order valence-corrected chi connectivity index (χ2v) is 6.63. The summed E-state index contributed by atoms with van der Waals surface area (Å²) in [6.45, 7) is 1.95. The van der Waals surface area contributed by atoms with Crippen molar-refractivity contribution in [3.05, 3.63) is 89.3 Å². The molecule has 6 nitrogen and oxygen atoms in total. The fraction of sp³-hybridized carbons (Fsp3) is 0.174. The molecule has 29 heavy (non-hydrogen) atoms. The fourth-order valence-corrected chi connectivity index (χ4v) is 3.48. The van der Waals surface area contributed by atoms with Gasteiger partial charge in [0, 0.05) is 17.9 Å². The van der Waals surface area contributed by atoms with Crippen molar-refractivity contribution >= 4 is 16.9 Å². The van der Waals surface area contributed by atoms with Crippen molar-refractivity contribution in [1.82, 2.24) is 0 Å². The molecule has 0 saturated heterocycles. The molecule has 2 heterocycles. The Bertz CT molecular complexity index is 1140. The molecule has 2 N–H and O–H groups in total. The molecule has 1 aliphatic rings. The first-order valence-electron chi connectivity index (χ1n) is 9.30. The first-order chi connectivity index (χ1) is 14.1. The second-order valence-electron chi connectivity index (χ2n) is 6.63. The molecule has 1 aromatic heterocycles. The Morgan fingerprint density at radius 1 is 1.21 bits per heavy atom. The monoisotopic (exact) mass is 392 g/mol. The van der Waals surface area contributed by atoms with Gasteiger partial charge in [0.1, 0.15) is 17.2 Å². The van der Waals surface area contributed by atoms with E-state index in [0.29, 0.717) is 33.4 Å². The molecule has 0 fully saturated rings. The van der Waals surface area contributed by atoms with Crippen LogP contribution < -0.4 is 10.2 Å². The maximum atomic E-state index is 12.3. The van der Waals surface area contributed by atoms with Crippen LogP contribution in [0.5, 0.6) is 5.75 Å². The summed E-state index contributed by atoms with van der Waals surface area (Å²) in [4.78, 5) is 23.2. The number of carbonyl (C=O) groups is 1. The summed E-state index contributed by atoms with van der Waals surface area (Å²) in [6.07, 6.45) is 2.68. The number of ether oxygens (including phenoxy) is 2. The van der Waals surface area contributed by atoms with Crippen LogP contribution in [-0.4, -0.2) is 22.5 Å². The number of para-hydroxylation sites is 2. The van der Waals surface area contributed by atoms with Crippen LogP contribution in [-0.2, 0) is 9.53 Å². The van der Waals surface area contributed by atoms with Crippen LogP contribution in [0.3, 0.4) is 0 Å². The van der Waals surface area contributed by atoms with Crippen molar-refractivity contribution in [2.24, 2.45) is 0 Å². The largest absolute Gasteiger partial charge is 0.551 e. The normalized spacial score (nSPS) is 14.0. The highest BCUT2D eigenvalue weighted by Gasteiger charge is 2.31. The number of hydrogen-bond donors (Lipinski definition) is 1. The Balaban J connectivity index is 1.81. The van der Waals surface area contributed by atoms with Gasteiger partial charge in [-0.3, -0.25) is 9.59 Å². The molecule has 3 aromatic rings. The average molecular weight is 392 g/mol. The minimum atomic E-state index is -0.726. The molecule has 1 aliphatic heterocycles. The Morgan fingerprint density at radius 2 is 1.97 bits per heavy atom. The lowest BCUT2D eigenvalue weighted by Crippen LogP contribution is -2.24. The average Bonchev–Trinajstić information content (AvgIpc) is 2.74. The minimum Gasteiger partial charge on any atom is -0.551 e. The Morgan fingerprint density at radius 3 is 2.79 bits per heavy atom. The summed E-state index contributed by atoms with van der Waals surface area (Å²) >= 11 is 0. The lowest BCUT2D eigenvalue weighted by Gasteiger charge is -2.34. The fourth-order valence-electron chi connectivity index (χ4n) is 3.48. The quantitative estimate of drug-likeness (QED) is 0.406. The van der Waals surface area contributed by atoms with Crippen molar-refractivity contribution < 1.29 is 28.6 Å². The van der Waals surface area contributed by atoms with E-state index in [9.17, 15) is 14.7 Å². The van der Waals surface area contributed by atoms with Gasteiger partial charge < -0.3 is 19.0 Å². The molecule has 148 valence electrons. The molecule has 0 unspecified atom stereocenters. The summed E-state index contributed by atoms with van der Waals surface area (Å²) in [6, 6.07) is 14.1. The van der Waals surface area contributed by atoms with E-state index in [4.69, 9.17) is 13.9 Å². The van der Waals surface area contributed by atoms with Gasteiger partial charge in [0.05, 0.1) is 18.6 Å². The standard InChI is InChI=1S/C23H19O6/c1-2-27-21(24)11-16(17-12-28-19-9-5-3-7-14(19)22(17)25)18-13-29-20-10-6-4-8-15(20)23(18)26/h3-10,12-13,16,25H,2,11H2,1H3/q-1/p+1/t16-/m0/s1. The predicted molar refractivity (Wildman–Crippen MR) is 105 cm³/mol. The maximum Gasteiger partial charge on any atom is 0.357 e. The topological polar surface area (TPSA) is 90.3 Å². The number of rotatable bonds is 5. The van der Waals surface area contributed by atoms with E-state index in [1.165, 1.54) is 12.5 Å². The highest BCUT2D eigenvalue weighted by Crippen LogP contribution is 2.41. The number of aliphatic hydroxyl groups is 1. The van der Waals surface area contributed by atoms with Crippen LogP contribution in [0, 0.1) is 6.10 Å². The van der Waals surface area contributed by atoms with Crippen molar-refractivity contribution in [2.75, 3.05) is 6.61 Å². The van der Waals surface area contributed by atoms with Crippen molar-refractivity contribution in [3.63, 3.8) is 0 Å². The first-order valence-corrected chi connectivity index (χ1v) is 9.30. The maximum absolute atomic E-state index is 12.3. The predicted octanol–water partition coefficient (Wildman–Crippen LogP) is 3.70. The van der Waals surface area contributed by atoms with E-state index in [0.717, 1.165) is 0 Å². The van der Waals surface area contributed by atoms with Gasteiger partial charge in [-0.2, -0.15) is 0 Å². The van der Waals surface area contributed by atoms with Crippen molar-refractivity contribution in [2.45, 2.75) is 19.3 Å². The molecule has 1 atom stereocenters. The SMILES string of the molecule is CCOC(=O)C[C@@H](C1=COc2ccccc2[C-]1O)c1coc2ccccc2c1=[OH+]. The van der Waals surface area contributed by atoms with Crippen LogP contribution in [0.1, 0.15) is 30.4 Å². The molecule has 0 spiro atoms. The zero-order valence-electron chi connectivity index (χ0n) is 15.8. The van der Waals surface area contributed by atoms with Gasteiger partial charge >= 0.3 is 11.4 Å². The lowest BCUT2D eigenvalue weighted by atomic mass is 9.83. The van der Waals surface area contributed by atoms with Crippen molar-refractivity contribution in [1.29, 1.82) is 0 Å². The number of aliphatic hydroxyl groups excluding tert-OH is 1. The third-order valence-corrected chi connectivity index (χ3v) is 4.88. The van der Waals surface area contributed by atoms with E-state index in [2.05, 4.69) is 0 Å². The molecule has 0 saturated carbocycles. The third-order valence-electron chi connectivity index (χ3n) is 4.88. The molecular formula is C23H20O6. The summed E-state index contributed by atoms with van der Waals surface area (Å²) in [7, 11) is 0. The molecule has 4 rings (SSSR count). The minimum absolute atomic E-state index is 0.0197. The van der Waals surface area contributed by atoms with Crippen molar-refractivity contribution in [3.8, 4) is 5.75 Å². The highest BCUT2D eigenvalue weighted by atomic mass is 16.5. The summed E-state index contributed by atoms with van der Waals surface area (Å²) in [5, 5.41) is 11.4. The molecule has 0 aliphatic carbocycles. The first kappa shape index (κ1) is 18.8. The van der Waals surface area contributed by atoms with Crippen LogP contribution in [0.15, 0.2) is 71.0 Å². The van der Waals surface area contributed by atoms with Gasteiger partial charge in [-0.1, -0.05) is 35.4 Å². The molecular weight excluding hydrogens is 372 g/mol. The number of esters is 1. The van der Waals surface area contributed by atoms with Gasteiger partial charge in [0.15, 0.2) is 0 Å². The number of benzene rings is 2. The Kier molecular flexibility index (Phi) is 5.10. The van der Waals surface area contributed by atoms with Gasteiger partial charge in [-0.05, 0) is 25.2 Å². The van der Waals surface area contributed by atoms with E-state index in [1.807, 2.05) is 0 Å². The van der Waals surface area contributed by atoms with Gasteiger partial charge in [-0.25, -0.2) is 0 Å². The van der Waals surface area contributed by atoms with Crippen LogP contribution >= 0.6 is 0 Å². The van der Waals surface area contributed by atoms with E-state index >= 15 is 0 Å². The molecule has 2 aromatic carbocycles. The molecule has 0 bridgehead atoms. The van der Waals surface area contributed by atoms with Gasteiger partial charge in [0.25, 0.3) is 0 Å². The van der Waals surface area contributed by atoms with Crippen LogP contribution in [0.25, 0.3) is 11.0 Å². The van der Waals surface area contributed by atoms with Crippen LogP contribution in [0.2, 0.25) is 0 Å². The molecule has 0 amide bonds. The zero-order chi connectivity index (χ0) is 20.4. The Hall–Kier alpha value is -3.51. The second kappa shape index (κ2) is 7.85. The highest BCUT2D eigenvalue weighted by molar-refractivity contribution is 5.77. The lowest BCUT2D eigenvalue weighted by molar-refractivity contribution is -0.143. The zero-order valence-corrected chi connectivity index (χ0v) is 15.8. The van der Waals surface area contributed by atoms with E-state index < -0.39 is 11.9 Å². The Labute approximate surface area is 167 Å². The molecule has 0 radical (unpaired) electrons. The number of carbonyl (C=O) groups excluding carboxylic acids is 1. The number of fused-ring (bicyclic) bond motifs is 2. The number of hydrogen-bond acceptors (Lipinski definition) is 5. The van der Waals surface area contributed by atoms with E-state index in [-0.39, 0.29) is 24.6 Å². The van der Waals surface area contributed by atoms with Gasteiger partial charge in [0.2, 0.25) is 0 Å². The summed E-state index contributed by atoms with van der Waals surface area (Å²) in [5.41, 5.74) is 1.72. The summed E-state index contributed by atoms with van der Waals surface area (Å²) < 4.78 is 16.4. The van der Waals surface area contributed by atoms with Crippen LogP contribution in [0.4, 0.5) is 0 Å². The van der Waals surface area contributed by atoms with Gasteiger partial charge in [-0.15, -0.1) is 12.1 Å². The molecule has 6 heteroatoms.